The van der Waals surface area contributed by atoms with Gasteiger partial charge in [0.1, 0.15) is 0 Å². The molecule has 0 aliphatic carbocycles. The van der Waals surface area contributed by atoms with Crippen LogP contribution in [0.2, 0.25) is 0 Å². The molecule has 90 valence electrons. The Morgan fingerprint density at radius 2 is 1.88 bits per heavy atom. The molecule has 0 heterocycles. The fourth-order valence-corrected chi connectivity index (χ4v) is 1.92. The van der Waals surface area contributed by atoms with Gasteiger partial charge in [-0.15, -0.1) is 0 Å². The number of alkyl halides is 1. The van der Waals surface area contributed by atoms with Gasteiger partial charge in [0.05, 0.1) is 13.2 Å². The molecule has 0 bridgehead atoms. The minimum atomic E-state index is 0.719. The molecule has 0 saturated carbocycles. The lowest BCUT2D eigenvalue weighted by atomic mass is 10.2. The zero-order valence-corrected chi connectivity index (χ0v) is 11.8. The van der Waals surface area contributed by atoms with E-state index >= 15 is 0 Å². The summed E-state index contributed by atoms with van der Waals surface area (Å²) in [6, 6.07) is 10.3. The van der Waals surface area contributed by atoms with Gasteiger partial charge in [0.15, 0.2) is 0 Å². The van der Waals surface area contributed by atoms with Crippen LogP contribution < -0.4 is 5.32 Å². The van der Waals surface area contributed by atoms with Gasteiger partial charge in [-0.1, -0.05) is 52.9 Å². The SMILES string of the molecule is ICCCCNCCOCc1ccccc1. The first kappa shape index (κ1) is 13.9. The zero-order chi connectivity index (χ0) is 11.5. The molecule has 0 radical (unpaired) electrons. The molecule has 2 nitrogen and oxygen atoms in total. The number of halogens is 1. The van der Waals surface area contributed by atoms with Crippen molar-refractivity contribution < 1.29 is 4.74 Å². The van der Waals surface area contributed by atoms with Crippen LogP contribution in [0.15, 0.2) is 30.3 Å². The van der Waals surface area contributed by atoms with Crippen molar-refractivity contribution in [2.24, 2.45) is 0 Å². The lowest BCUT2D eigenvalue weighted by molar-refractivity contribution is 0.123. The second kappa shape index (κ2) is 10.1. The Hall–Kier alpha value is -0.130. The molecule has 16 heavy (non-hydrogen) atoms. The molecule has 0 aromatic heterocycles. The van der Waals surface area contributed by atoms with E-state index in [4.69, 9.17) is 4.74 Å². The highest BCUT2D eigenvalue weighted by Crippen LogP contribution is 1.99. The highest BCUT2D eigenvalue weighted by atomic mass is 127. The molecular weight excluding hydrogens is 313 g/mol. The van der Waals surface area contributed by atoms with Crippen molar-refractivity contribution in [1.29, 1.82) is 0 Å². The van der Waals surface area contributed by atoms with Crippen molar-refractivity contribution in [1.82, 2.24) is 5.32 Å². The normalized spacial score (nSPS) is 10.6. The number of nitrogens with one attached hydrogen (secondary N) is 1. The Morgan fingerprint density at radius 3 is 2.62 bits per heavy atom. The van der Waals surface area contributed by atoms with Crippen LogP contribution in [0.25, 0.3) is 0 Å². The van der Waals surface area contributed by atoms with E-state index < -0.39 is 0 Å². The molecule has 1 N–H and O–H groups in total. The van der Waals surface area contributed by atoms with E-state index in [1.807, 2.05) is 18.2 Å². The molecule has 0 aliphatic heterocycles. The third kappa shape index (κ3) is 7.19. The Morgan fingerprint density at radius 1 is 1.06 bits per heavy atom. The summed E-state index contributed by atoms with van der Waals surface area (Å²) >= 11 is 2.42. The molecule has 3 heteroatoms. The third-order valence-electron chi connectivity index (χ3n) is 2.27. The number of hydrogen-bond acceptors (Lipinski definition) is 2. The van der Waals surface area contributed by atoms with E-state index in [9.17, 15) is 0 Å². The van der Waals surface area contributed by atoms with Crippen molar-refractivity contribution in [2.45, 2.75) is 19.4 Å². The van der Waals surface area contributed by atoms with Gasteiger partial charge in [-0.25, -0.2) is 0 Å². The fraction of sp³-hybridized carbons (Fsp3) is 0.538. The van der Waals surface area contributed by atoms with Gasteiger partial charge < -0.3 is 10.1 Å². The summed E-state index contributed by atoms with van der Waals surface area (Å²) in [5, 5.41) is 3.38. The first-order valence-electron chi connectivity index (χ1n) is 5.82. The Balaban J connectivity index is 1.89. The van der Waals surface area contributed by atoms with Crippen LogP contribution >= 0.6 is 22.6 Å². The maximum atomic E-state index is 5.56. The number of rotatable bonds is 9. The first-order valence-corrected chi connectivity index (χ1v) is 7.34. The van der Waals surface area contributed by atoms with Gasteiger partial charge in [0, 0.05) is 6.54 Å². The summed E-state index contributed by atoms with van der Waals surface area (Å²) in [5.41, 5.74) is 1.24. The third-order valence-corrected chi connectivity index (χ3v) is 3.03. The smallest absolute Gasteiger partial charge is 0.0717 e. The van der Waals surface area contributed by atoms with Crippen LogP contribution in [0.3, 0.4) is 0 Å². The minimum absolute atomic E-state index is 0.719. The Kier molecular flexibility index (Phi) is 8.75. The number of hydrogen-bond donors (Lipinski definition) is 1. The second-order valence-electron chi connectivity index (χ2n) is 3.68. The van der Waals surface area contributed by atoms with E-state index in [1.165, 1.54) is 22.8 Å². The van der Waals surface area contributed by atoms with Crippen molar-refractivity contribution >= 4 is 22.6 Å². The van der Waals surface area contributed by atoms with Gasteiger partial charge in [-0.05, 0) is 29.4 Å². The molecule has 0 saturated heterocycles. The predicted molar refractivity (Wildman–Crippen MR) is 77.1 cm³/mol. The standard InChI is InChI=1S/C13H20INO/c14-8-4-5-9-15-10-11-16-12-13-6-2-1-3-7-13/h1-3,6-7,15H,4-5,8-12H2. The highest BCUT2D eigenvalue weighted by Gasteiger charge is 1.92. The molecule has 1 aromatic carbocycles. The quantitative estimate of drug-likeness (QED) is 0.426. The van der Waals surface area contributed by atoms with Crippen LogP contribution in [-0.2, 0) is 11.3 Å². The van der Waals surface area contributed by atoms with Crippen molar-refractivity contribution in [3.05, 3.63) is 35.9 Å². The molecule has 0 aliphatic rings. The van der Waals surface area contributed by atoms with Crippen molar-refractivity contribution in [2.75, 3.05) is 24.1 Å². The maximum absolute atomic E-state index is 5.56. The summed E-state index contributed by atoms with van der Waals surface area (Å²) in [5.74, 6) is 0. The summed E-state index contributed by atoms with van der Waals surface area (Å²) in [7, 11) is 0. The average molecular weight is 333 g/mol. The van der Waals surface area contributed by atoms with E-state index in [1.54, 1.807) is 0 Å². The summed E-state index contributed by atoms with van der Waals surface area (Å²) < 4.78 is 6.82. The molecule has 1 aromatic rings. The minimum Gasteiger partial charge on any atom is -0.375 e. The largest absolute Gasteiger partial charge is 0.375 e. The monoisotopic (exact) mass is 333 g/mol. The molecule has 0 fully saturated rings. The second-order valence-corrected chi connectivity index (χ2v) is 4.76. The molecule has 1 rings (SSSR count). The molecule has 0 unspecified atom stereocenters. The van der Waals surface area contributed by atoms with E-state index in [0.717, 1.165) is 26.3 Å². The van der Waals surface area contributed by atoms with Gasteiger partial charge in [0.2, 0.25) is 0 Å². The first-order chi connectivity index (χ1) is 7.93. The average Bonchev–Trinajstić information content (AvgIpc) is 2.34. The van der Waals surface area contributed by atoms with Crippen LogP contribution in [0, 0.1) is 0 Å². The molecular formula is C13H20INO. The Labute approximate surface area is 112 Å². The van der Waals surface area contributed by atoms with Crippen LogP contribution in [0.5, 0.6) is 0 Å². The number of unbranched alkanes of at least 4 members (excludes halogenated alkanes) is 1. The van der Waals surface area contributed by atoms with E-state index in [2.05, 4.69) is 40.0 Å². The maximum Gasteiger partial charge on any atom is 0.0717 e. The highest BCUT2D eigenvalue weighted by molar-refractivity contribution is 14.1. The zero-order valence-electron chi connectivity index (χ0n) is 9.62. The van der Waals surface area contributed by atoms with Crippen molar-refractivity contribution in [3.8, 4) is 0 Å². The van der Waals surface area contributed by atoms with E-state index in [-0.39, 0.29) is 0 Å². The van der Waals surface area contributed by atoms with Gasteiger partial charge in [-0.2, -0.15) is 0 Å². The van der Waals surface area contributed by atoms with E-state index in [0.29, 0.717) is 0 Å². The van der Waals surface area contributed by atoms with Gasteiger partial charge in [0.25, 0.3) is 0 Å². The predicted octanol–water partition coefficient (Wildman–Crippen LogP) is 3.01. The summed E-state index contributed by atoms with van der Waals surface area (Å²) in [4.78, 5) is 0. The van der Waals surface area contributed by atoms with Crippen LogP contribution in [0.1, 0.15) is 18.4 Å². The number of ether oxygens (including phenoxy) is 1. The van der Waals surface area contributed by atoms with Crippen LogP contribution in [-0.4, -0.2) is 24.1 Å². The Bertz CT molecular complexity index is 253. The lowest BCUT2D eigenvalue weighted by Gasteiger charge is -2.05. The lowest BCUT2D eigenvalue weighted by Crippen LogP contribution is -2.20. The van der Waals surface area contributed by atoms with Crippen LogP contribution in [0.4, 0.5) is 0 Å². The summed E-state index contributed by atoms with van der Waals surface area (Å²) in [6.45, 7) is 3.57. The number of benzene rings is 1. The topological polar surface area (TPSA) is 21.3 Å². The van der Waals surface area contributed by atoms with Gasteiger partial charge in [-0.3, -0.25) is 0 Å². The summed E-state index contributed by atoms with van der Waals surface area (Å²) in [6.07, 6.45) is 2.57. The van der Waals surface area contributed by atoms with Gasteiger partial charge >= 0.3 is 0 Å². The molecule has 0 spiro atoms. The molecule has 0 atom stereocenters. The molecule has 0 amide bonds. The van der Waals surface area contributed by atoms with Crippen molar-refractivity contribution in [3.63, 3.8) is 0 Å². The fourth-order valence-electron chi connectivity index (χ4n) is 1.38.